The van der Waals surface area contributed by atoms with E-state index in [1.807, 2.05) is 24.3 Å². The van der Waals surface area contributed by atoms with Gasteiger partial charge in [0, 0.05) is 11.1 Å². The number of nitrogens with zero attached hydrogens (tertiary/aromatic N) is 3. The minimum Gasteiger partial charge on any atom is -0.497 e. The molecule has 0 saturated carbocycles. The number of carbonyl (C=O) groups is 2. The molecule has 0 atom stereocenters. The first kappa shape index (κ1) is 23.4. The van der Waals surface area contributed by atoms with Crippen molar-refractivity contribution in [2.45, 2.75) is 19.9 Å². The predicted octanol–water partition coefficient (Wildman–Crippen LogP) is 3.46. The molecule has 2 N–H and O–H groups in total. The summed E-state index contributed by atoms with van der Waals surface area (Å²) >= 11 is 0. The van der Waals surface area contributed by atoms with E-state index < -0.39 is 17.7 Å². The van der Waals surface area contributed by atoms with Gasteiger partial charge >= 0.3 is 5.97 Å². The van der Waals surface area contributed by atoms with Crippen LogP contribution in [0.3, 0.4) is 0 Å². The summed E-state index contributed by atoms with van der Waals surface area (Å²) in [6.45, 7) is 5.28. The molecule has 1 heterocycles. The number of ether oxygens (including phenoxy) is 1. The first-order valence-electron chi connectivity index (χ1n) is 9.99. The molecular weight excluding hydrogens is 427 g/mol. The molecule has 0 bridgehead atoms. The lowest BCUT2D eigenvalue weighted by Gasteiger charge is -2.09. The van der Waals surface area contributed by atoms with E-state index in [0.717, 1.165) is 11.3 Å². The fourth-order valence-corrected chi connectivity index (χ4v) is 3.20. The Bertz CT molecular complexity index is 1260. The van der Waals surface area contributed by atoms with Gasteiger partial charge in [0.05, 0.1) is 31.8 Å². The van der Waals surface area contributed by atoms with Crippen molar-refractivity contribution in [2.24, 2.45) is 4.99 Å². The number of benzene rings is 2. The van der Waals surface area contributed by atoms with Gasteiger partial charge in [0.15, 0.2) is 0 Å². The average molecular weight is 450 g/mol. The number of hydrogen-bond acceptors (Lipinski definition) is 5. The van der Waals surface area contributed by atoms with Gasteiger partial charge in [-0.3, -0.25) is 14.5 Å². The number of halogens is 1. The van der Waals surface area contributed by atoms with Crippen molar-refractivity contribution < 1.29 is 23.8 Å². The number of rotatable bonds is 9. The van der Waals surface area contributed by atoms with E-state index in [-0.39, 0.29) is 23.4 Å². The van der Waals surface area contributed by atoms with Gasteiger partial charge in [0.1, 0.15) is 17.3 Å². The molecule has 0 radical (unpaired) electrons. The number of allylic oxidation sites excluding steroid dienone is 2. The van der Waals surface area contributed by atoms with E-state index in [1.165, 1.54) is 18.2 Å². The highest BCUT2D eigenvalue weighted by Crippen LogP contribution is 2.21. The predicted molar refractivity (Wildman–Crippen MR) is 123 cm³/mol. The number of hydrogen-bond donors (Lipinski definition) is 2. The first-order chi connectivity index (χ1) is 15.8. The van der Waals surface area contributed by atoms with Crippen LogP contribution in [0, 0.1) is 5.82 Å². The molecule has 3 rings (SSSR count). The smallest absolute Gasteiger partial charge is 0.354 e. The summed E-state index contributed by atoms with van der Waals surface area (Å²) < 4.78 is 21.5. The number of amides is 1. The van der Waals surface area contributed by atoms with Crippen molar-refractivity contribution in [3.05, 3.63) is 83.1 Å². The fraction of sp³-hybridized carbons (Fsp3) is 0.167. The molecule has 8 nitrogen and oxygen atoms in total. The zero-order valence-electron chi connectivity index (χ0n) is 18.2. The monoisotopic (exact) mass is 450 g/mol. The number of nitrogens with one attached hydrogen (secondary N) is 1. The molecule has 0 fully saturated rings. The van der Waals surface area contributed by atoms with Gasteiger partial charge in [-0.05, 0) is 55.1 Å². The minimum absolute atomic E-state index is 0.191. The minimum atomic E-state index is -1.28. The van der Waals surface area contributed by atoms with Crippen LogP contribution < -0.4 is 10.1 Å². The molecule has 1 amide bonds. The second-order valence-electron chi connectivity index (χ2n) is 7.11. The average Bonchev–Trinajstić information content (AvgIpc) is 3.18. The molecule has 0 aliphatic carbocycles. The highest BCUT2D eigenvalue weighted by atomic mass is 19.1. The molecule has 0 spiro atoms. The second-order valence-corrected chi connectivity index (χ2v) is 7.11. The van der Waals surface area contributed by atoms with E-state index >= 15 is 0 Å². The van der Waals surface area contributed by atoms with Gasteiger partial charge in [0.25, 0.3) is 0 Å². The lowest BCUT2D eigenvalue weighted by molar-refractivity contribution is -0.132. The third-order valence-electron chi connectivity index (χ3n) is 4.93. The summed E-state index contributed by atoms with van der Waals surface area (Å²) in [4.78, 5) is 27.0. The molecule has 0 saturated heterocycles. The number of fused-ring (bicyclic) bond motifs is 1. The zero-order valence-corrected chi connectivity index (χ0v) is 18.2. The molecule has 2 aromatic carbocycles. The van der Waals surface area contributed by atoms with Crippen LogP contribution >= 0.6 is 0 Å². The van der Waals surface area contributed by atoms with Gasteiger partial charge in [-0.1, -0.05) is 18.2 Å². The van der Waals surface area contributed by atoms with Crippen LogP contribution in [0.1, 0.15) is 18.1 Å². The van der Waals surface area contributed by atoms with Gasteiger partial charge in [-0.15, -0.1) is 0 Å². The summed E-state index contributed by atoms with van der Waals surface area (Å²) in [6, 6.07) is 10.5. The van der Waals surface area contributed by atoms with Crippen LogP contribution in [0.15, 0.2) is 71.1 Å². The van der Waals surface area contributed by atoms with Crippen molar-refractivity contribution in [3.63, 3.8) is 0 Å². The summed E-state index contributed by atoms with van der Waals surface area (Å²) in [5.41, 5.74) is 1.76. The fourth-order valence-electron chi connectivity index (χ4n) is 3.20. The second kappa shape index (κ2) is 10.4. The van der Waals surface area contributed by atoms with E-state index in [0.29, 0.717) is 17.4 Å². The number of carboxylic acids is 1. The topological polar surface area (TPSA) is 106 Å². The maximum atomic E-state index is 14.6. The standard InChI is InChI=1S/C24H23FN4O4/c1-4-18(12-21(26-2)24(31)32)28-23(30)11-16-10-22-17(9-20(16)25)13-27-29(22)14-15-5-7-19(33-3)8-6-15/h4-10,12-13H,2,11,14H2,1,3H3,(H,28,30)(H,31,32)/b18-4+,21-12-. The maximum Gasteiger partial charge on any atom is 0.354 e. The molecule has 0 aliphatic heterocycles. The lowest BCUT2D eigenvalue weighted by Crippen LogP contribution is -2.24. The van der Waals surface area contributed by atoms with Crippen molar-refractivity contribution in [1.29, 1.82) is 0 Å². The van der Waals surface area contributed by atoms with Crippen molar-refractivity contribution >= 4 is 29.5 Å². The number of methoxy groups -OCH3 is 1. The third kappa shape index (κ3) is 5.70. The Hall–Kier alpha value is -4.27. The van der Waals surface area contributed by atoms with Crippen LogP contribution in [-0.2, 0) is 22.6 Å². The van der Waals surface area contributed by atoms with E-state index in [1.54, 1.807) is 31.0 Å². The molecule has 3 aromatic rings. The first-order valence-corrected chi connectivity index (χ1v) is 9.99. The quantitative estimate of drug-likeness (QED) is 0.295. The molecule has 0 unspecified atom stereocenters. The zero-order chi connectivity index (χ0) is 24.0. The molecular formula is C24H23FN4O4. The van der Waals surface area contributed by atoms with Crippen LogP contribution in [0.25, 0.3) is 10.9 Å². The molecule has 33 heavy (non-hydrogen) atoms. The number of carbonyl (C=O) groups excluding carboxylic acids is 1. The Labute approximate surface area is 189 Å². The van der Waals surface area contributed by atoms with Gasteiger partial charge in [-0.2, -0.15) is 5.10 Å². The van der Waals surface area contributed by atoms with Crippen molar-refractivity contribution in [2.75, 3.05) is 7.11 Å². The summed E-state index contributed by atoms with van der Waals surface area (Å²) in [5.74, 6) is -1.57. The van der Waals surface area contributed by atoms with Gasteiger partial charge < -0.3 is 15.2 Å². The largest absolute Gasteiger partial charge is 0.497 e. The molecule has 9 heteroatoms. The molecule has 0 aliphatic rings. The highest BCUT2D eigenvalue weighted by Gasteiger charge is 2.14. The van der Waals surface area contributed by atoms with Gasteiger partial charge in [-0.25, -0.2) is 9.18 Å². The third-order valence-corrected chi connectivity index (χ3v) is 4.93. The number of carboxylic acid groups (broad SMARTS) is 1. The van der Waals surface area contributed by atoms with Crippen LogP contribution in [0.5, 0.6) is 5.75 Å². The van der Waals surface area contributed by atoms with E-state index in [2.05, 4.69) is 22.1 Å². The normalized spacial score (nSPS) is 12.0. The Balaban J connectivity index is 1.80. The Morgan fingerprint density at radius 1 is 1.30 bits per heavy atom. The van der Waals surface area contributed by atoms with Gasteiger partial charge in [0.2, 0.25) is 5.91 Å². The van der Waals surface area contributed by atoms with E-state index in [9.17, 15) is 14.0 Å². The van der Waals surface area contributed by atoms with Crippen LogP contribution in [0.2, 0.25) is 0 Å². The Kier molecular flexibility index (Phi) is 7.34. The van der Waals surface area contributed by atoms with Crippen LogP contribution in [0.4, 0.5) is 4.39 Å². The lowest BCUT2D eigenvalue weighted by atomic mass is 10.1. The maximum absolute atomic E-state index is 14.6. The highest BCUT2D eigenvalue weighted by molar-refractivity contribution is 5.88. The SMILES string of the molecule is C=N/C(=C\C(=C/C)NC(=O)Cc1cc2c(cnn2Cc2ccc(OC)cc2)cc1F)C(=O)O. The van der Waals surface area contributed by atoms with Crippen molar-refractivity contribution in [3.8, 4) is 5.75 Å². The number of aromatic nitrogens is 2. The van der Waals surface area contributed by atoms with E-state index in [4.69, 9.17) is 9.84 Å². The Morgan fingerprint density at radius 3 is 2.64 bits per heavy atom. The summed E-state index contributed by atoms with van der Waals surface area (Å²) in [6.07, 6.45) is 4.01. The number of aliphatic imine (C=N–C) groups is 1. The summed E-state index contributed by atoms with van der Waals surface area (Å²) in [5, 5.41) is 16.6. The molecule has 170 valence electrons. The summed E-state index contributed by atoms with van der Waals surface area (Å²) in [7, 11) is 1.60. The van der Waals surface area contributed by atoms with Crippen LogP contribution in [-0.4, -0.2) is 40.6 Å². The molecule has 1 aromatic heterocycles. The Morgan fingerprint density at radius 2 is 2.03 bits per heavy atom. The van der Waals surface area contributed by atoms with Crippen molar-refractivity contribution in [1.82, 2.24) is 15.1 Å². The number of aliphatic carboxylic acids is 1.